The minimum Gasteiger partial charge on any atom is -0.381 e. The first-order valence-corrected chi connectivity index (χ1v) is 15.5. The number of amides is 1. The first-order valence-electron chi connectivity index (χ1n) is 14.0. The number of hydrogen-bond donors (Lipinski definition) is 2. The number of sulfonamides is 1. The zero-order chi connectivity index (χ0) is 30.2. The van der Waals surface area contributed by atoms with Crippen molar-refractivity contribution in [3.63, 3.8) is 0 Å². The van der Waals surface area contributed by atoms with Crippen molar-refractivity contribution in [1.29, 1.82) is 0 Å². The number of rotatable bonds is 7. The van der Waals surface area contributed by atoms with Gasteiger partial charge >= 0.3 is 6.18 Å². The predicted octanol–water partition coefficient (Wildman–Crippen LogP) is 6.14. The lowest BCUT2D eigenvalue weighted by Gasteiger charge is -2.31. The molecule has 12 heteroatoms. The van der Waals surface area contributed by atoms with Gasteiger partial charge in [0.05, 0.1) is 22.6 Å². The van der Waals surface area contributed by atoms with Crippen LogP contribution in [0.3, 0.4) is 0 Å². The van der Waals surface area contributed by atoms with E-state index in [1.807, 2.05) is 0 Å². The van der Waals surface area contributed by atoms with Crippen LogP contribution in [0.2, 0.25) is 0 Å². The molecule has 2 fully saturated rings. The summed E-state index contributed by atoms with van der Waals surface area (Å²) >= 11 is 0. The van der Waals surface area contributed by atoms with Gasteiger partial charge in [-0.05, 0) is 77.1 Å². The van der Waals surface area contributed by atoms with Crippen LogP contribution in [0.1, 0.15) is 87.3 Å². The summed E-state index contributed by atoms with van der Waals surface area (Å²) in [6, 6.07) is 4.35. The molecule has 0 spiro atoms. The highest BCUT2D eigenvalue weighted by Crippen LogP contribution is 2.40. The van der Waals surface area contributed by atoms with Crippen LogP contribution in [0.5, 0.6) is 0 Å². The summed E-state index contributed by atoms with van der Waals surface area (Å²) in [6.07, 6.45) is -0.759. The highest BCUT2D eigenvalue weighted by Gasteiger charge is 2.39. The van der Waals surface area contributed by atoms with Gasteiger partial charge in [-0.1, -0.05) is 25.3 Å². The number of benzene rings is 1. The SMILES string of the molecule is Cc1c(C(=O)NC2CCOCC2)cc(-c2ccc(S(=O)(=O)NC(C)(C)C)c(C(F)(F)F)c2)n1CC1(F)CCCCC1. The fourth-order valence-electron chi connectivity index (χ4n) is 5.65. The van der Waals surface area contributed by atoms with E-state index in [1.165, 1.54) is 32.9 Å². The average Bonchev–Trinajstić information content (AvgIpc) is 3.18. The Bertz CT molecular complexity index is 1370. The van der Waals surface area contributed by atoms with Crippen LogP contribution in [-0.4, -0.2) is 49.4 Å². The second-order valence-electron chi connectivity index (χ2n) is 12.3. The Balaban J connectivity index is 1.82. The molecule has 4 rings (SSSR count). The lowest BCUT2D eigenvalue weighted by molar-refractivity contribution is -0.139. The highest BCUT2D eigenvalue weighted by molar-refractivity contribution is 7.89. The molecule has 1 aromatic carbocycles. The Kier molecular flexibility index (Phi) is 8.97. The third kappa shape index (κ3) is 7.50. The average molecular weight is 602 g/mol. The maximum Gasteiger partial charge on any atom is 0.417 e. The van der Waals surface area contributed by atoms with Crippen molar-refractivity contribution in [2.75, 3.05) is 13.2 Å². The summed E-state index contributed by atoms with van der Waals surface area (Å²) in [7, 11) is -4.52. The molecule has 2 heterocycles. The minimum absolute atomic E-state index is 0.0414. The molecule has 2 aromatic rings. The Morgan fingerprint density at radius 3 is 2.29 bits per heavy atom. The lowest BCUT2D eigenvalue weighted by Crippen LogP contribution is -2.41. The van der Waals surface area contributed by atoms with Crippen LogP contribution >= 0.6 is 0 Å². The standard InChI is InChI=1S/C29H39F4N3O4S/c1-19-22(26(37)34-21-10-14-40-15-11-21)17-24(36(19)18-28(30)12-6-5-7-13-28)20-8-9-25(23(16-20)29(31,32)33)41(38,39)35-27(2,3)4/h8-9,16-17,21,35H,5-7,10-15,18H2,1-4H3,(H,34,37). The molecular formula is C29H39F4N3O4S. The molecule has 1 saturated heterocycles. The number of carbonyl (C=O) groups excluding carboxylic acids is 1. The second kappa shape index (κ2) is 11.7. The summed E-state index contributed by atoms with van der Waals surface area (Å²) in [5, 5.41) is 2.97. The molecule has 1 amide bonds. The highest BCUT2D eigenvalue weighted by atomic mass is 32.2. The molecule has 1 saturated carbocycles. The molecule has 2 aliphatic rings. The molecule has 0 unspecified atom stereocenters. The number of ether oxygens (including phenoxy) is 1. The molecule has 0 bridgehead atoms. The van der Waals surface area contributed by atoms with Gasteiger partial charge in [-0.3, -0.25) is 4.79 Å². The van der Waals surface area contributed by atoms with Crippen molar-refractivity contribution in [3.05, 3.63) is 41.1 Å². The maximum absolute atomic E-state index is 16.0. The number of aromatic nitrogens is 1. The smallest absolute Gasteiger partial charge is 0.381 e. The van der Waals surface area contributed by atoms with E-state index >= 15 is 4.39 Å². The van der Waals surface area contributed by atoms with Crippen molar-refractivity contribution in [3.8, 4) is 11.3 Å². The predicted molar refractivity (Wildman–Crippen MR) is 148 cm³/mol. The molecule has 228 valence electrons. The summed E-state index contributed by atoms with van der Waals surface area (Å²) in [6.45, 7) is 7.17. The van der Waals surface area contributed by atoms with Gasteiger partial charge in [0.1, 0.15) is 5.67 Å². The zero-order valence-electron chi connectivity index (χ0n) is 24.0. The Hall–Kier alpha value is -2.44. The third-order valence-corrected chi connectivity index (χ3v) is 9.49. The maximum atomic E-state index is 16.0. The van der Waals surface area contributed by atoms with E-state index in [9.17, 15) is 26.4 Å². The number of alkyl halides is 4. The van der Waals surface area contributed by atoms with Crippen LogP contribution in [0.15, 0.2) is 29.2 Å². The van der Waals surface area contributed by atoms with E-state index < -0.39 is 43.8 Å². The number of nitrogens with one attached hydrogen (secondary N) is 2. The molecule has 41 heavy (non-hydrogen) atoms. The Morgan fingerprint density at radius 2 is 1.71 bits per heavy atom. The quantitative estimate of drug-likeness (QED) is 0.373. The topological polar surface area (TPSA) is 89.4 Å². The van der Waals surface area contributed by atoms with E-state index in [4.69, 9.17) is 4.74 Å². The Labute approximate surface area is 239 Å². The fraction of sp³-hybridized carbons (Fsp3) is 0.621. The van der Waals surface area contributed by atoms with Crippen LogP contribution < -0.4 is 10.0 Å². The van der Waals surface area contributed by atoms with Gasteiger partial charge in [0, 0.05) is 36.2 Å². The van der Waals surface area contributed by atoms with E-state index in [0.29, 0.717) is 57.4 Å². The largest absolute Gasteiger partial charge is 0.417 e. The second-order valence-corrected chi connectivity index (χ2v) is 13.9. The van der Waals surface area contributed by atoms with Crippen LogP contribution in [0, 0.1) is 6.92 Å². The van der Waals surface area contributed by atoms with Crippen molar-refractivity contribution >= 4 is 15.9 Å². The van der Waals surface area contributed by atoms with Gasteiger partial charge in [0.25, 0.3) is 5.91 Å². The first kappa shape index (κ1) is 31.5. The van der Waals surface area contributed by atoms with E-state index in [1.54, 1.807) is 11.5 Å². The molecular weight excluding hydrogens is 562 g/mol. The zero-order valence-corrected chi connectivity index (χ0v) is 24.8. The number of nitrogens with zero attached hydrogens (tertiary/aromatic N) is 1. The summed E-state index contributed by atoms with van der Waals surface area (Å²) in [4.78, 5) is 12.4. The van der Waals surface area contributed by atoms with Gasteiger partial charge in [-0.2, -0.15) is 13.2 Å². The number of hydrogen-bond acceptors (Lipinski definition) is 4. The molecule has 0 radical (unpaired) electrons. The van der Waals surface area contributed by atoms with Gasteiger partial charge in [-0.25, -0.2) is 17.5 Å². The summed E-state index contributed by atoms with van der Waals surface area (Å²) in [5.41, 5.74) is -2.97. The van der Waals surface area contributed by atoms with Crippen LogP contribution in [-0.2, 0) is 27.5 Å². The van der Waals surface area contributed by atoms with Crippen LogP contribution in [0.25, 0.3) is 11.3 Å². The van der Waals surface area contributed by atoms with Crippen molar-refractivity contribution in [2.45, 2.75) is 108 Å². The van der Waals surface area contributed by atoms with Crippen molar-refractivity contribution in [2.24, 2.45) is 0 Å². The van der Waals surface area contributed by atoms with E-state index in [2.05, 4.69) is 10.0 Å². The van der Waals surface area contributed by atoms with E-state index in [0.717, 1.165) is 18.6 Å². The Morgan fingerprint density at radius 1 is 1.07 bits per heavy atom. The van der Waals surface area contributed by atoms with Gasteiger partial charge in [-0.15, -0.1) is 0 Å². The van der Waals surface area contributed by atoms with Gasteiger partial charge in [0.15, 0.2) is 0 Å². The molecule has 0 atom stereocenters. The molecule has 1 aliphatic heterocycles. The van der Waals surface area contributed by atoms with Crippen LogP contribution in [0.4, 0.5) is 17.6 Å². The van der Waals surface area contributed by atoms with Crippen molar-refractivity contribution in [1.82, 2.24) is 14.6 Å². The first-order chi connectivity index (χ1) is 19.0. The van der Waals surface area contributed by atoms with Gasteiger partial charge in [0.2, 0.25) is 10.0 Å². The summed E-state index contributed by atoms with van der Waals surface area (Å²) < 4.78 is 93.9. The summed E-state index contributed by atoms with van der Waals surface area (Å²) in [5.74, 6) is -0.393. The molecule has 1 aliphatic carbocycles. The number of carbonyl (C=O) groups is 1. The van der Waals surface area contributed by atoms with E-state index in [-0.39, 0.29) is 29.4 Å². The van der Waals surface area contributed by atoms with Crippen molar-refractivity contribution < 1.29 is 35.5 Å². The third-order valence-electron chi connectivity index (χ3n) is 7.67. The number of halogens is 4. The van der Waals surface area contributed by atoms with Gasteiger partial charge < -0.3 is 14.6 Å². The molecule has 2 N–H and O–H groups in total. The molecule has 1 aromatic heterocycles. The minimum atomic E-state index is -4.99. The monoisotopic (exact) mass is 601 g/mol. The lowest BCUT2D eigenvalue weighted by atomic mass is 9.86. The normalized spacial score (nSPS) is 18.8. The molecule has 7 nitrogen and oxygen atoms in total. The fourth-order valence-corrected chi connectivity index (χ4v) is 7.28.